The van der Waals surface area contributed by atoms with E-state index in [4.69, 9.17) is 0 Å². The molecule has 0 bridgehead atoms. The van der Waals surface area contributed by atoms with E-state index in [1.165, 1.54) is 0 Å². The highest BCUT2D eigenvalue weighted by Crippen LogP contribution is 2.40. The molecule has 0 aliphatic carbocycles. The van der Waals surface area contributed by atoms with Crippen LogP contribution in [0, 0.1) is 0 Å². The maximum Gasteiger partial charge on any atom is 0.122 e. The van der Waals surface area contributed by atoms with Crippen LogP contribution in [-0.2, 0) is 37.5 Å². The van der Waals surface area contributed by atoms with Gasteiger partial charge in [-0.15, -0.1) is 19.7 Å². The molecule has 0 aromatic heterocycles. The standard InChI is InChI=1S/C32H36O3/c1-6-11-23-14-9-16-26(29(23)33)19-22-18-25(13-8-3)31(35)28(20-22)32(4,5)21-27-17-10-15-24(12-7-2)30(27)34/h6-10,14-18,20,33-35H,1-3,11-13,19,21H2,4-5H3. The van der Waals surface area contributed by atoms with E-state index >= 15 is 0 Å². The predicted octanol–water partition coefficient (Wildman–Crippen LogP) is 7.10. The van der Waals surface area contributed by atoms with Crippen LogP contribution in [0.4, 0.5) is 0 Å². The summed E-state index contributed by atoms with van der Waals surface area (Å²) < 4.78 is 0. The first kappa shape index (κ1) is 25.9. The molecule has 3 N–H and O–H groups in total. The lowest BCUT2D eigenvalue weighted by Crippen LogP contribution is -2.22. The minimum atomic E-state index is -0.465. The van der Waals surface area contributed by atoms with E-state index in [9.17, 15) is 15.3 Å². The molecular weight excluding hydrogens is 432 g/mol. The van der Waals surface area contributed by atoms with Crippen LogP contribution in [0.1, 0.15) is 52.8 Å². The number of hydrogen-bond donors (Lipinski definition) is 3. The molecule has 0 atom stereocenters. The molecule has 0 heterocycles. The monoisotopic (exact) mass is 468 g/mol. The van der Waals surface area contributed by atoms with Gasteiger partial charge in [0, 0.05) is 12.0 Å². The molecule has 35 heavy (non-hydrogen) atoms. The largest absolute Gasteiger partial charge is 0.507 e. The molecule has 0 saturated heterocycles. The Morgan fingerprint density at radius 1 is 0.657 bits per heavy atom. The van der Waals surface area contributed by atoms with Crippen molar-refractivity contribution < 1.29 is 15.3 Å². The molecule has 3 aromatic carbocycles. The van der Waals surface area contributed by atoms with Crippen molar-refractivity contribution in [3.8, 4) is 17.2 Å². The van der Waals surface area contributed by atoms with Crippen molar-refractivity contribution in [2.24, 2.45) is 0 Å². The second-order valence-corrected chi connectivity index (χ2v) is 9.72. The highest BCUT2D eigenvalue weighted by molar-refractivity contribution is 5.52. The molecule has 0 unspecified atom stereocenters. The fourth-order valence-electron chi connectivity index (χ4n) is 4.70. The van der Waals surface area contributed by atoms with Crippen LogP contribution in [0.5, 0.6) is 17.2 Å². The minimum Gasteiger partial charge on any atom is -0.507 e. The third-order valence-corrected chi connectivity index (χ3v) is 6.50. The SMILES string of the molecule is C=CCc1cccc(Cc2cc(CC=C)c(O)c(C(C)(C)Cc3cccc(CC=C)c3O)c2)c1O. The first-order chi connectivity index (χ1) is 16.7. The van der Waals surface area contributed by atoms with Crippen LogP contribution >= 0.6 is 0 Å². The molecule has 0 amide bonds. The van der Waals surface area contributed by atoms with Crippen molar-refractivity contribution in [3.63, 3.8) is 0 Å². The molecule has 3 heteroatoms. The van der Waals surface area contributed by atoms with Gasteiger partial charge in [0.15, 0.2) is 0 Å². The van der Waals surface area contributed by atoms with Crippen molar-refractivity contribution in [2.75, 3.05) is 0 Å². The lowest BCUT2D eigenvalue weighted by atomic mass is 9.76. The zero-order valence-corrected chi connectivity index (χ0v) is 20.8. The van der Waals surface area contributed by atoms with Crippen LogP contribution in [0.2, 0.25) is 0 Å². The number of phenolic OH excluding ortho intramolecular Hbond substituents is 3. The van der Waals surface area contributed by atoms with Crippen molar-refractivity contribution in [1.82, 2.24) is 0 Å². The second kappa shape index (κ2) is 11.1. The van der Waals surface area contributed by atoms with E-state index in [1.54, 1.807) is 18.2 Å². The third-order valence-electron chi connectivity index (χ3n) is 6.50. The van der Waals surface area contributed by atoms with Crippen LogP contribution in [0.25, 0.3) is 0 Å². The van der Waals surface area contributed by atoms with Crippen LogP contribution in [-0.4, -0.2) is 15.3 Å². The Kier molecular flexibility index (Phi) is 8.24. The molecule has 3 nitrogen and oxygen atoms in total. The maximum absolute atomic E-state index is 11.2. The number of rotatable bonds is 11. The number of allylic oxidation sites excluding steroid dienone is 3. The van der Waals surface area contributed by atoms with E-state index < -0.39 is 5.41 Å². The van der Waals surface area contributed by atoms with Crippen LogP contribution in [0.15, 0.2) is 86.5 Å². The molecule has 0 fully saturated rings. The lowest BCUT2D eigenvalue weighted by molar-refractivity contribution is 0.418. The van der Waals surface area contributed by atoms with Crippen molar-refractivity contribution in [1.29, 1.82) is 0 Å². The molecule has 3 rings (SSSR count). The average Bonchev–Trinajstić information content (AvgIpc) is 2.81. The first-order valence-corrected chi connectivity index (χ1v) is 12.0. The number of aromatic hydroxyl groups is 3. The Hall–Kier alpha value is -3.72. The second-order valence-electron chi connectivity index (χ2n) is 9.72. The van der Waals surface area contributed by atoms with Crippen molar-refractivity contribution in [3.05, 3.63) is 125 Å². The topological polar surface area (TPSA) is 60.7 Å². The molecule has 0 saturated carbocycles. The lowest BCUT2D eigenvalue weighted by Gasteiger charge is -2.29. The first-order valence-electron chi connectivity index (χ1n) is 12.0. The molecular formula is C32H36O3. The zero-order chi connectivity index (χ0) is 25.6. The van der Waals surface area contributed by atoms with Gasteiger partial charge >= 0.3 is 0 Å². The van der Waals surface area contributed by atoms with Gasteiger partial charge in [0.25, 0.3) is 0 Å². The van der Waals surface area contributed by atoms with Gasteiger partial charge in [0.2, 0.25) is 0 Å². The predicted molar refractivity (Wildman–Crippen MR) is 146 cm³/mol. The van der Waals surface area contributed by atoms with Crippen LogP contribution < -0.4 is 0 Å². The van der Waals surface area contributed by atoms with Gasteiger partial charge in [-0.2, -0.15) is 0 Å². The van der Waals surface area contributed by atoms with Crippen molar-refractivity contribution >= 4 is 0 Å². The van der Waals surface area contributed by atoms with Gasteiger partial charge in [-0.25, -0.2) is 0 Å². The molecule has 182 valence electrons. The van der Waals surface area contributed by atoms with E-state index in [2.05, 4.69) is 33.6 Å². The summed E-state index contributed by atoms with van der Waals surface area (Å²) in [7, 11) is 0. The highest BCUT2D eigenvalue weighted by atomic mass is 16.3. The highest BCUT2D eigenvalue weighted by Gasteiger charge is 2.28. The van der Waals surface area contributed by atoms with E-state index in [1.807, 2.05) is 48.5 Å². The van der Waals surface area contributed by atoms with E-state index in [-0.39, 0.29) is 17.2 Å². The Labute approximate surface area is 209 Å². The average molecular weight is 469 g/mol. The number of benzene rings is 3. The summed E-state index contributed by atoms with van der Waals surface area (Å²) >= 11 is 0. The molecule has 0 aliphatic heterocycles. The van der Waals surface area contributed by atoms with E-state index in [0.717, 1.165) is 38.9 Å². The number of phenols is 3. The molecule has 0 aliphatic rings. The summed E-state index contributed by atoms with van der Waals surface area (Å²) in [5.41, 5.74) is 5.49. The summed E-state index contributed by atoms with van der Waals surface area (Å²) in [5, 5.41) is 32.8. The van der Waals surface area contributed by atoms with E-state index in [0.29, 0.717) is 32.1 Å². The maximum atomic E-state index is 11.2. The van der Waals surface area contributed by atoms with Crippen molar-refractivity contribution in [2.45, 2.75) is 51.4 Å². The van der Waals surface area contributed by atoms with Gasteiger partial charge in [0.1, 0.15) is 17.2 Å². The smallest absolute Gasteiger partial charge is 0.122 e. The normalized spacial score (nSPS) is 11.3. The van der Waals surface area contributed by atoms with Gasteiger partial charge < -0.3 is 15.3 Å². The van der Waals surface area contributed by atoms with Gasteiger partial charge in [-0.05, 0) is 64.5 Å². The van der Waals surface area contributed by atoms with Crippen LogP contribution in [0.3, 0.4) is 0 Å². The quantitative estimate of drug-likeness (QED) is 0.263. The number of para-hydroxylation sites is 2. The third kappa shape index (κ3) is 5.86. The molecule has 0 spiro atoms. The Morgan fingerprint density at radius 3 is 1.71 bits per heavy atom. The summed E-state index contributed by atoms with van der Waals surface area (Å²) in [5.74, 6) is 0.826. The van der Waals surface area contributed by atoms with Gasteiger partial charge in [0.05, 0.1) is 0 Å². The fraction of sp³-hybridized carbons (Fsp3) is 0.250. The molecule has 0 radical (unpaired) electrons. The Morgan fingerprint density at radius 2 is 1.14 bits per heavy atom. The summed E-state index contributed by atoms with van der Waals surface area (Å²) in [4.78, 5) is 0. The summed E-state index contributed by atoms with van der Waals surface area (Å²) in [6, 6.07) is 15.6. The fourth-order valence-corrected chi connectivity index (χ4v) is 4.70. The Bertz CT molecular complexity index is 1230. The molecule has 3 aromatic rings. The summed E-state index contributed by atoms with van der Waals surface area (Å²) in [6.45, 7) is 15.6. The minimum absolute atomic E-state index is 0.255. The zero-order valence-electron chi connectivity index (χ0n) is 20.8. The Balaban J connectivity index is 2.04. The number of hydrogen-bond acceptors (Lipinski definition) is 3. The van der Waals surface area contributed by atoms with Gasteiger partial charge in [-0.3, -0.25) is 0 Å². The summed E-state index contributed by atoms with van der Waals surface area (Å²) in [6.07, 6.45) is 8.15. The van der Waals surface area contributed by atoms with Gasteiger partial charge in [-0.1, -0.05) is 80.6 Å².